The number of hydrogen-bond acceptors (Lipinski definition) is 2. The van der Waals surface area contributed by atoms with E-state index in [-0.39, 0.29) is 0 Å². The van der Waals surface area contributed by atoms with Gasteiger partial charge in [-0.1, -0.05) is 45.1 Å². The first-order chi connectivity index (χ1) is 9.77. The highest BCUT2D eigenvalue weighted by Crippen LogP contribution is 2.35. The van der Waals surface area contributed by atoms with Gasteiger partial charge in [-0.25, -0.2) is 4.98 Å². The van der Waals surface area contributed by atoms with E-state index in [0.29, 0.717) is 5.92 Å². The molecule has 3 heteroatoms. The van der Waals surface area contributed by atoms with Gasteiger partial charge in [0, 0.05) is 12.5 Å². The molecule has 1 aliphatic carbocycles. The topological polar surface area (TPSA) is 43.8 Å². The zero-order valence-corrected chi connectivity index (χ0v) is 12.9. The minimum atomic E-state index is 0.613. The number of nitrogens with zero attached hydrogens (tertiary/aromatic N) is 2. The predicted octanol–water partition coefficient (Wildman–Crippen LogP) is 4.43. The zero-order valence-electron chi connectivity index (χ0n) is 12.9. The fourth-order valence-corrected chi connectivity index (χ4v) is 3.25. The number of nitrogen functional groups attached to an aromatic ring is 1. The van der Waals surface area contributed by atoms with E-state index in [1.807, 2.05) is 6.08 Å². The Bertz CT molecular complexity index is 428. The standard InChI is InChI=1S/C17H29N3/c1-3-5-6-7-12-15-16(18)20(13-4-2)17(19-15)14-10-8-9-11-14/h4,14H,2-3,5-13,18H2,1H3. The number of aryl methyl sites for hydroxylation is 1. The average molecular weight is 275 g/mol. The predicted molar refractivity (Wildman–Crippen MR) is 85.9 cm³/mol. The van der Waals surface area contributed by atoms with Gasteiger partial charge < -0.3 is 10.3 Å². The Hall–Kier alpha value is -1.25. The van der Waals surface area contributed by atoms with E-state index in [1.165, 1.54) is 57.2 Å². The summed E-state index contributed by atoms with van der Waals surface area (Å²) < 4.78 is 2.19. The van der Waals surface area contributed by atoms with Crippen LogP contribution in [0.2, 0.25) is 0 Å². The number of rotatable bonds is 8. The Labute approximate surface area is 123 Å². The number of imidazole rings is 1. The van der Waals surface area contributed by atoms with Crippen molar-refractivity contribution in [3.63, 3.8) is 0 Å². The summed E-state index contributed by atoms with van der Waals surface area (Å²) >= 11 is 0. The second-order valence-corrected chi connectivity index (χ2v) is 5.99. The molecule has 112 valence electrons. The molecule has 0 saturated heterocycles. The lowest BCUT2D eigenvalue weighted by Crippen LogP contribution is -2.08. The lowest BCUT2D eigenvalue weighted by Gasteiger charge is -2.11. The van der Waals surface area contributed by atoms with Crippen molar-refractivity contribution in [3.05, 3.63) is 24.2 Å². The smallest absolute Gasteiger partial charge is 0.127 e. The summed E-state index contributed by atoms with van der Waals surface area (Å²) in [4.78, 5) is 4.90. The zero-order chi connectivity index (χ0) is 14.4. The van der Waals surface area contributed by atoms with Crippen molar-refractivity contribution >= 4 is 5.82 Å². The molecule has 0 atom stereocenters. The molecule has 0 spiro atoms. The van der Waals surface area contributed by atoms with E-state index in [9.17, 15) is 0 Å². The van der Waals surface area contributed by atoms with Crippen LogP contribution in [0.15, 0.2) is 12.7 Å². The number of unbranched alkanes of at least 4 members (excludes halogenated alkanes) is 3. The highest BCUT2D eigenvalue weighted by molar-refractivity contribution is 5.39. The van der Waals surface area contributed by atoms with Gasteiger partial charge in [0.25, 0.3) is 0 Å². The van der Waals surface area contributed by atoms with Crippen LogP contribution < -0.4 is 5.73 Å². The maximum Gasteiger partial charge on any atom is 0.127 e. The number of allylic oxidation sites excluding steroid dienone is 1. The molecule has 1 fully saturated rings. The maximum atomic E-state index is 6.33. The van der Waals surface area contributed by atoms with Crippen LogP contribution in [0.4, 0.5) is 5.82 Å². The molecule has 20 heavy (non-hydrogen) atoms. The van der Waals surface area contributed by atoms with Gasteiger partial charge in [-0.3, -0.25) is 0 Å². The molecule has 0 aromatic carbocycles. The maximum absolute atomic E-state index is 6.33. The number of hydrogen-bond donors (Lipinski definition) is 1. The summed E-state index contributed by atoms with van der Waals surface area (Å²) in [5.41, 5.74) is 7.44. The van der Waals surface area contributed by atoms with Crippen LogP contribution in [0.25, 0.3) is 0 Å². The first-order valence-electron chi connectivity index (χ1n) is 8.23. The summed E-state index contributed by atoms with van der Waals surface area (Å²) in [6.45, 7) is 6.89. The molecule has 0 amide bonds. The van der Waals surface area contributed by atoms with E-state index >= 15 is 0 Å². The molecular formula is C17H29N3. The van der Waals surface area contributed by atoms with Gasteiger partial charge in [0.1, 0.15) is 11.6 Å². The Morgan fingerprint density at radius 3 is 2.70 bits per heavy atom. The third-order valence-electron chi connectivity index (χ3n) is 4.41. The van der Waals surface area contributed by atoms with Crippen molar-refractivity contribution in [3.8, 4) is 0 Å². The van der Waals surface area contributed by atoms with Gasteiger partial charge in [-0.15, -0.1) is 6.58 Å². The Kier molecular flexibility index (Phi) is 5.69. The normalized spacial score (nSPS) is 15.8. The summed E-state index contributed by atoms with van der Waals surface area (Å²) in [5.74, 6) is 2.70. The molecule has 0 aliphatic heterocycles. The van der Waals surface area contributed by atoms with Crippen LogP contribution in [0.5, 0.6) is 0 Å². The van der Waals surface area contributed by atoms with Crippen molar-refractivity contribution < 1.29 is 0 Å². The number of nitrogens with two attached hydrogens (primary N) is 1. The number of anilines is 1. The highest BCUT2D eigenvalue weighted by atomic mass is 15.1. The minimum absolute atomic E-state index is 0.613. The molecule has 2 rings (SSSR count). The van der Waals surface area contributed by atoms with E-state index in [2.05, 4.69) is 18.1 Å². The number of aromatic nitrogens is 2. The molecule has 1 aromatic heterocycles. The first-order valence-corrected chi connectivity index (χ1v) is 8.23. The van der Waals surface area contributed by atoms with Gasteiger partial charge in [0.05, 0.1) is 5.69 Å². The monoisotopic (exact) mass is 275 g/mol. The minimum Gasteiger partial charge on any atom is -0.384 e. The van der Waals surface area contributed by atoms with Crippen LogP contribution >= 0.6 is 0 Å². The Balaban J connectivity index is 2.11. The van der Waals surface area contributed by atoms with Crippen molar-refractivity contribution in [1.82, 2.24) is 9.55 Å². The first kappa shape index (κ1) is 15.1. The molecule has 3 nitrogen and oxygen atoms in total. The Morgan fingerprint density at radius 1 is 1.30 bits per heavy atom. The molecule has 1 saturated carbocycles. The molecular weight excluding hydrogens is 246 g/mol. The largest absolute Gasteiger partial charge is 0.384 e. The molecule has 0 unspecified atom stereocenters. The van der Waals surface area contributed by atoms with E-state index in [4.69, 9.17) is 10.7 Å². The van der Waals surface area contributed by atoms with Gasteiger partial charge in [0.15, 0.2) is 0 Å². The lowest BCUT2D eigenvalue weighted by molar-refractivity contribution is 0.616. The van der Waals surface area contributed by atoms with Gasteiger partial charge in [-0.05, 0) is 25.7 Å². The van der Waals surface area contributed by atoms with Crippen molar-refractivity contribution in [1.29, 1.82) is 0 Å². The molecule has 1 aliphatic rings. The van der Waals surface area contributed by atoms with Crippen molar-refractivity contribution in [2.24, 2.45) is 0 Å². The van der Waals surface area contributed by atoms with E-state index in [0.717, 1.165) is 24.5 Å². The molecule has 1 aromatic rings. The third kappa shape index (κ3) is 3.44. The molecule has 1 heterocycles. The third-order valence-corrected chi connectivity index (χ3v) is 4.41. The second kappa shape index (κ2) is 7.51. The van der Waals surface area contributed by atoms with Crippen molar-refractivity contribution in [2.45, 2.75) is 77.2 Å². The van der Waals surface area contributed by atoms with Gasteiger partial charge >= 0.3 is 0 Å². The highest BCUT2D eigenvalue weighted by Gasteiger charge is 2.24. The summed E-state index contributed by atoms with van der Waals surface area (Å²) in [6.07, 6.45) is 13.2. The Morgan fingerprint density at radius 2 is 2.05 bits per heavy atom. The second-order valence-electron chi connectivity index (χ2n) is 5.99. The van der Waals surface area contributed by atoms with Crippen LogP contribution in [0, 0.1) is 0 Å². The van der Waals surface area contributed by atoms with E-state index in [1.54, 1.807) is 0 Å². The van der Waals surface area contributed by atoms with Crippen LogP contribution in [-0.2, 0) is 13.0 Å². The van der Waals surface area contributed by atoms with E-state index < -0.39 is 0 Å². The summed E-state index contributed by atoms with van der Waals surface area (Å²) in [6, 6.07) is 0. The summed E-state index contributed by atoms with van der Waals surface area (Å²) in [7, 11) is 0. The SMILES string of the molecule is C=CCn1c(C2CCCC2)nc(CCCCCC)c1N. The molecule has 2 N–H and O–H groups in total. The van der Waals surface area contributed by atoms with Crippen LogP contribution in [-0.4, -0.2) is 9.55 Å². The van der Waals surface area contributed by atoms with Crippen molar-refractivity contribution in [2.75, 3.05) is 5.73 Å². The fraction of sp³-hybridized carbons (Fsp3) is 0.706. The average Bonchev–Trinajstić information content (AvgIpc) is 3.06. The fourth-order valence-electron chi connectivity index (χ4n) is 3.25. The lowest BCUT2D eigenvalue weighted by atomic mass is 10.1. The molecule has 0 radical (unpaired) electrons. The van der Waals surface area contributed by atoms with Crippen LogP contribution in [0.1, 0.15) is 75.7 Å². The van der Waals surface area contributed by atoms with Crippen LogP contribution in [0.3, 0.4) is 0 Å². The summed E-state index contributed by atoms with van der Waals surface area (Å²) in [5, 5.41) is 0. The molecule has 0 bridgehead atoms. The van der Waals surface area contributed by atoms with Gasteiger partial charge in [-0.2, -0.15) is 0 Å². The quantitative estimate of drug-likeness (QED) is 0.563. The van der Waals surface area contributed by atoms with Gasteiger partial charge in [0.2, 0.25) is 0 Å².